The lowest BCUT2D eigenvalue weighted by atomic mass is 10.0. The average Bonchev–Trinajstić information content (AvgIpc) is 3.08. The van der Waals surface area contributed by atoms with Gasteiger partial charge >= 0.3 is 6.18 Å². The first-order chi connectivity index (χ1) is 16.8. The molecule has 7 nitrogen and oxygen atoms in total. The Balaban J connectivity index is 2.14. The highest BCUT2D eigenvalue weighted by Crippen LogP contribution is 2.38. The third-order valence-electron chi connectivity index (χ3n) is 5.31. The summed E-state index contributed by atoms with van der Waals surface area (Å²) < 4.78 is 95.4. The number of fused-ring (bicyclic) bond motifs is 1. The molecule has 4 rings (SSSR count). The molecule has 0 aliphatic rings. The summed E-state index contributed by atoms with van der Waals surface area (Å²) >= 11 is 0. The maximum Gasteiger partial charge on any atom is 0.416 e. The second kappa shape index (κ2) is 8.90. The van der Waals surface area contributed by atoms with Gasteiger partial charge in [-0.25, -0.2) is 21.9 Å². The lowest BCUT2D eigenvalue weighted by Crippen LogP contribution is -2.32. The molecule has 0 radical (unpaired) electrons. The highest BCUT2D eigenvalue weighted by molar-refractivity contribution is 7.89. The topological polar surface area (TPSA) is 101 Å². The van der Waals surface area contributed by atoms with E-state index in [1.54, 1.807) is 4.72 Å². The van der Waals surface area contributed by atoms with Gasteiger partial charge in [0.15, 0.2) is 0 Å². The van der Waals surface area contributed by atoms with Gasteiger partial charge in [0.2, 0.25) is 10.0 Å². The summed E-state index contributed by atoms with van der Waals surface area (Å²) in [5.74, 6) is -2.97. The van der Waals surface area contributed by atoms with Crippen LogP contribution >= 0.6 is 0 Å². The van der Waals surface area contributed by atoms with Gasteiger partial charge in [-0.2, -0.15) is 13.2 Å². The van der Waals surface area contributed by atoms with E-state index in [4.69, 9.17) is 0 Å². The highest BCUT2D eigenvalue weighted by Gasteiger charge is 2.33. The van der Waals surface area contributed by atoms with E-state index in [2.05, 4.69) is 4.98 Å². The van der Waals surface area contributed by atoms with E-state index >= 15 is 0 Å². The normalized spacial score (nSPS) is 12.2. The summed E-state index contributed by atoms with van der Waals surface area (Å²) in [5, 5.41) is -0.225. The van der Waals surface area contributed by atoms with Gasteiger partial charge in [0.1, 0.15) is 17.3 Å². The number of pyridine rings is 1. The number of sulfonamides is 1. The zero-order valence-corrected chi connectivity index (χ0v) is 19.1. The van der Waals surface area contributed by atoms with E-state index < -0.39 is 57.1 Å². The first-order valence-electron chi connectivity index (χ1n) is 10.1. The minimum Gasteiger partial charge on any atom is -0.331 e. The predicted octanol–water partition coefficient (Wildman–Crippen LogP) is 4.03. The molecule has 2 aromatic heterocycles. The van der Waals surface area contributed by atoms with Gasteiger partial charge in [-0.1, -0.05) is 0 Å². The van der Waals surface area contributed by atoms with Crippen molar-refractivity contribution in [2.75, 3.05) is 6.26 Å². The van der Waals surface area contributed by atoms with E-state index in [9.17, 15) is 40.0 Å². The zero-order valence-electron chi connectivity index (χ0n) is 18.3. The zero-order chi connectivity index (χ0) is 26.4. The number of aromatic amines is 1. The van der Waals surface area contributed by atoms with E-state index in [0.29, 0.717) is 12.3 Å². The summed E-state index contributed by atoms with van der Waals surface area (Å²) in [6.07, 6.45) is -2.86. The predicted molar refractivity (Wildman–Crippen MR) is 121 cm³/mol. The largest absolute Gasteiger partial charge is 0.416 e. The molecule has 0 saturated carbocycles. The smallest absolute Gasteiger partial charge is 0.331 e. The number of hydrogen-bond acceptors (Lipinski definition) is 4. The van der Waals surface area contributed by atoms with Crippen molar-refractivity contribution >= 4 is 26.8 Å². The number of nitrogens with zero attached hydrogens (tertiary/aromatic N) is 1. The van der Waals surface area contributed by atoms with Crippen molar-refractivity contribution in [3.05, 3.63) is 93.5 Å². The van der Waals surface area contributed by atoms with Gasteiger partial charge in [-0.15, -0.1) is 0 Å². The van der Waals surface area contributed by atoms with Crippen LogP contribution in [-0.4, -0.2) is 30.1 Å². The second-order valence-electron chi connectivity index (χ2n) is 7.89. The lowest BCUT2D eigenvalue weighted by molar-refractivity contribution is -0.137. The molecule has 0 fully saturated rings. The van der Waals surface area contributed by atoms with Crippen LogP contribution in [0.3, 0.4) is 0 Å². The SMILES string of the molecule is CS(=O)(=O)NC(=O)c1c(-c2ccc[nH]c2=O)c2cc(C(F)(F)F)ccc2n1Cc1cc(F)ccc1F. The van der Waals surface area contributed by atoms with Crippen molar-refractivity contribution in [1.29, 1.82) is 0 Å². The van der Waals surface area contributed by atoms with Gasteiger partial charge in [-0.05, 0) is 48.5 Å². The van der Waals surface area contributed by atoms with E-state index in [1.165, 1.54) is 18.3 Å². The van der Waals surface area contributed by atoms with Gasteiger partial charge < -0.3 is 9.55 Å². The number of hydrogen-bond donors (Lipinski definition) is 2. The molecular weight excluding hydrogens is 509 g/mol. The van der Waals surface area contributed by atoms with Crippen LogP contribution in [-0.2, 0) is 22.7 Å². The van der Waals surface area contributed by atoms with Gasteiger partial charge in [-0.3, -0.25) is 9.59 Å². The molecule has 188 valence electrons. The Bertz CT molecular complexity index is 1670. The molecule has 2 heterocycles. The quantitative estimate of drug-likeness (QED) is 0.384. The molecule has 0 aliphatic carbocycles. The van der Waals surface area contributed by atoms with Crippen LogP contribution in [0.5, 0.6) is 0 Å². The highest BCUT2D eigenvalue weighted by atomic mass is 32.2. The number of H-pyrrole nitrogens is 1. The maximum absolute atomic E-state index is 14.5. The fraction of sp³-hybridized carbons (Fsp3) is 0.130. The number of carbonyl (C=O) groups is 1. The molecular formula is C23H16F5N3O4S. The van der Waals surface area contributed by atoms with E-state index in [0.717, 1.165) is 34.9 Å². The summed E-state index contributed by atoms with van der Waals surface area (Å²) in [7, 11) is -4.17. The third-order valence-corrected chi connectivity index (χ3v) is 5.86. The molecule has 1 amide bonds. The van der Waals surface area contributed by atoms with E-state index in [-0.39, 0.29) is 27.6 Å². The fourth-order valence-electron chi connectivity index (χ4n) is 3.87. The molecule has 2 aromatic carbocycles. The number of carbonyl (C=O) groups excluding carboxylic acids is 1. The molecule has 36 heavy (non-hydrogen) atoms. The van der Waals surface area contributed by atoms with E-state index in [1.807, 2.05) is 0 Å². The maximum atomic E-state index is 14.5. The summed E-state index contributed by atoms with van der Waals surface area (Å²) in [6.45, 7) is -0.567. The van der Waals surface area contributed by atoms with Gasteiger partial charge in [0, 0.05) is 33.8 Å². The van der Waals surface area contributed by atoms with Crippen molar-refractivity contribution in [2.24, 2.45) is 0 Å². The Morgan fingerprint density at radius 2 is 1.81 bits per heavy atom. The van der Waals surface area contributed by atoms with Crippen molar-refractivity contribution in [3.63, 3.8) is 0 Å². The minimum absolute atomic E-state index is 0.0523. The Morgan fingerprint density at radius 3 is 2.44 bits per heavy atom. The summed E-state index contributed by atoms with van der Waals surface area (Å²) in [6, 6.07) is 7.54. The van der Waals surface area contributed by atoms with Crippen LogP contribution in [0.1, 0.15) is 21.6 Å². The van der Waals surface area contributed by atoms with Crippen molar-refractivity contribution < 1.29 is 35.2 Å². The third kappa shape index (κ3) is 4.87. The fourth-order valence-corrected chi connectivity index (χ4v) is 4.31. The first-order valence-corrected chi connectivity index (χ1v) is 12.0. The van der Waals surface area contributed by atoms with Crippen LogP contribution < -0.4 is 10.3 Å². The van der Waals surface area contributed by atoms with Crippen molar-refractivity contribution in [2.45, 2.75) is 12.7 Å². The van der Waals surface area contributed by atoms with Crippen LogP contribution in [0, 0.1) is 11.6 Å². The van der Waals surface area contributed by atoms with Gasteiger partial charge in [0.25, 0.3) is 11.5 Å². The van der Waals surface area contributed by atoms with Gasteiger partial charge in [0.05, 0.1) is 18.4 Å². The lowest BCUT2D eigenvalue weighted by Gasteiger charge is -2.13. The Hall–Kier alpha value is -4.00. The molecule has 0 aliphatic heterocycles. The molecule has 13 heteroatoms. The second-order valence-corrected chi connectivity index (χ2v) is 9.64. The number of aromatic nitrogens is 2. The monoisotopic (exact) mass is 525 g/mol. The van der Waals surface area contributed by atoms with Crippen molar-refractivity contribution in [1.82, 2.24) is 14.3 Å². The van der Waals surface area contributed by atoms with Crippen LogP contribution in [0.4, 0.5) is 22.0 Å². The van der Waals surface area contributed by atoms with Crippen LogP contribution in [0.2, 0.25) is 0 Å². The van der Waals surface area contributed by atoms with Crippen LogP contribution in [0.15, 0.2) is 59.5 Å². The number of halogens is 5. The van der Waals surface area contributed by atoms with Crippen LogP contribution in [0.25, 0.3) is 22.0 Å². The number of amides is 1. The Morgan fingerprint density at radius 1 is 1.08 bits per heavy atom. The molecule has 0 unspecified atom stereocenters. The summed E-state index contributed by atoms with van der Waals surface area (Å²) in [5.41, 5.74) is -3.28. The number of nitrogens with one attached hydrogen (secondary N) is 2. The summed E-state index contributed by atoms with van der Waals surface area (Å²) in [4.78, 5) is 28.1. The van der Waals surface area contributed by atoms with Crippen molar-refractivity contribution in [3.8, 4) is 11.1 Å². The molecule has 0 atom stereocenters. The average molecular weight is 525 g/mol. The number of rotatable bonds is 5. The number of alkyl halides is 3. The Labute approximate surface area is 200 Å². The molecule has 4 aromatic rings. The molecule has 0 spiro atoms. The Kier molecular flexibility index (Phi) is 6.20. The standard InChI is InChI=1S/C23H16F5N3O4S/c1-36(34,35)30-22(33)20-19(15-3-2-8-29-21(15)32)16-10-13(23(26,27)28)4-7-18(16)31(20)11-12-9-14(24)5-6-17(12)25/h2-10H,11H2,1H3,(H,29,32)(H,30,33). The molecule has 2 N–H and O–H groups in total. The molecule has 0 bridgehead atoms. The first kappa shape index (κ1) is 25.1. The number of benzene rings is 2. The minimum atomic E-state index is -4.79. The molecule has 0 saturated heterocycles.